The van der Waals surface area contributed by atoms with Gasteiger partial charge in [0, 0.05) is 11.0 Å². The molecule has 1 atom stereocenters. The van der Waals surface area contributed by atoms with Crippen molar-refractivity contribution >= 4 is 0 Å². The lowest BCUT2D eigenvalue weighted by molar-refractivity contribution is 0.527. The molecule has 3 heteroatoms. The number of hydrogen-bond donors (Lipinski definition) is 0. The Bertz CT molecular complexity index is 102. The molecule has 1 unspecified atom stereocenters. The van der Waals surface area contributed by atoms with Crippen molar-refractivity contribution in [1.29, 1.82) is 0 Å². The molecule has 0 fully saturated rings. The minimum atomic E-state index is 0.125. The number of rotatable bonds is 2. The zero-order valence-electron chi connectivity index (χ0n) is 5.50. The van der Waals surface area contributed by atoms with Crippen LogP contribution >= 0.6 is 0 Å². The smallest absolute Gasteiger partial charge is 0.0368 e. The Balaban J connectivity index is 3.63. The third kappa shape index (κ3) is 2.48. The number of azide groups is 1. The summed E-state index contributed by atoms with van der Waals surface area (Å²) in [6.45, 7) is 5.96. The lowest BCUT2D eigenvalue weighted by Crippen LogP contribution is -2.04. The van der Waals surface area contributed by atoms with E-state index in [0.717, 1.165) is 0 Å². The molecule has 0 rings (SSSR count). The standard InChI is InChI=1S/C5H11N3/c1-4(2)5(3)7-8-6/h4-5H,1-3H3. The molecule has 0 heterocycles. The highest BCUT2D eigenvalue weighted by Gasteiger charge is 2.01. The van der Waals surface area contributed by atoms with E-state index in [0.29, 0.717) is 5.92 Å². The van der Waals surface area contributed by atoms with E-state index in [1.54, 1.807) is 0 Å². The minimum absolute atomic E-state index is 0.125. The minimum Gasteiger partial charge on any atom is -0.0906 e. The van der Waals surface area contributed by atoms with Gasteiger partial charge in [-0.3, -0.25) is 0 Å². The average molecular weight is 113 g/mol. The molecule has 0 saturated heterocycles. The quantitative estimate of drug-likeness (QED) is 0.300. The molecule has 0 N–H and O–H groups in total. The van der Waals surface area contributed by atoms with Gasteiger partial charge in [-0.1, -0.05) is 25.9 Å². The van der Waals surface area contributed by atoms with Gasteiger partial charge in [-0.05, 0) is 11.4 Å². The van der Waals surface area contributed by atoms with E-state index in [1.165, 1.54) is 0 Å². The maximum absolute atomic E-state index is 7.94. The summed E-state index contributed by atoms with van der Waals surface area (Å²) in [7, 11) is 0. The highest BCUT2D eigenvalue weighted by atomic mass is 15.1. The Morgan fingerprint density at radius 3 is 2.00 bits per heavy atom. The van der Waals surface area contributed by atoms with Crippen LogP contribution in [0.1, 0.15) is 20.8 Å². The Morgan fingerprint density at radius 2 is 1.88 bits per heavy atom. The molecule has 3 nitrogen and oxygen atoms in total. The molecular formula is C5H11N3. The van der Waals surface area contributed by atoms with Crippen LogP contribution in [0.3, 0.4) is 0 Å². The van der Waals surface area contributed by atoms with Crippen molar-refractivity contribution in [1.82, 2.24) is 0 Å². The fourth-order valence-corrected chi connectivity index (χ4v) is 0.215. The third-order valence-corrected chi connectivity index (χ3v) is 1.20. The summed E-state index contributed by atoms with van der Waals surface area (Å²) in [5.41, 5.74) is 7.94. The summed E-state index contributed by atoms with van der Waals surface area (Å²) in [5.74, 6) is 0.450. The highest BCUT2D eigenvalue weighted by molar-refractivity contribution is 4.63. The van der Waals surface area contributed by atoms with Crippen LogP contribution < -0.4 is 0 Å². The molecule has 0 aliphatic carbocycles. The second kappa shape index (κ2) is 3.33. The predicted molar refractivity (Wildman–Crippen MR) is 33.4 cm³/mol. The topological polar surface area (TPSA) is 48.8 Å². The van der Waals surface area contributed by atoms with Gasteiger partial charge in [0.25, 0.3) is 0 Å². The first-order chi connectivity index (χ1) is 3.68. The average Bonchev–Trinajstić information content (AvgIpc) is 1.67. The SMILES string of the molecule is CC(C)C(C)N=[N+]=[N-]. The first kappa shape index (κ1) is 7.31. The van der Waals surface area contributed by atoms with Crippen molar-refractivity contribution in [3.8, 4) is 0 Å². The van der Waals surface area contributed by atoms with E-state index in [1.807, 2.05) is 20.8 Å². The molecule has 0 aromatic rings. The summed E-state index contributed by atoms with van der Waals surface area (Å²) < 4.78 is 0. The van der Waals surface area contributed by atoms with Crippen molar-refractivity contribution < 1.29 is 0 Å². The first-order valence-electron chi connectivity index (χ1n) is 2.72. The van der Waals surface area contributed by atoms with Crippen LogP contribution in [0, 0.1) is 5.92 Å². The van der Waals surface area contributed by atoms with Crippen LogP contribution in [0.4, 0.5) is 0 Å². The Labute approximate surface area is 49.3 Å². The molecule has 0 bridgehead atoms. The normalized spacial score (nSPS) is 13.0. The van der Waals surface area contributed by atoms with Gasteiger partial charge in [0.2, 0.25) is 0 Å². The van der Waals surface area contributed by atoms with E-state index >= 15 is 0 Å². The number of nitrogens with zero attached hydrogens (tertiary/aromatic N) is 3. The van der Waals surface area contributed by atoms with Crippen LogP contribution in [0.5, 0.6) is 0 Å². The van der Waals surface area contributed by atoms with Gasteiger partial charge in [-0.25, -0.2) is 0 Å². The van der Waals surface area contributed by atoms with Gasteiger partial charge in [0.1, 0.15) is 0 Å². The van der Waals surface area contributed by atoms with Crippen LogP contribution in [0.25, 0.3) is 10.4 Å². The third-order valence-electron chi connectivity index (χ3n) is 1.20. The van der Waals surface area contributed by atoms with Gasteiger partial charge >= 0.3 is 0 Å². The molecule has 0 aliphatic heterocycles. The van der Waals surface area contributed by atoms with Crippen LogP contribution in [-0.4, -0.2) is 6.04 Å². The van der Waals surface area contributed by atoms with Gasteiger partial charge in [0.15, 0.2) is 0 Å². The van der Waals surface area contributed by atoms with E-state index in [2.05, 4.69) is 10.0 Å². The van der Waals surface area contributed by atoms with Crippen molar-refractivity contribution in [3.05, 3.63) is 10.4 Å². The molecular weight excluding hydrogens is 102 g/mol. The lowest BCUT2D eigenvalue weighted by atomic mass is 10.1. The van der Waals surface area contributed by atoms with Crippen molar-refractivity contribution in [2.75, 3.05) is 0 Å². The maximum Gasteiger partial charge on any atom is 0.0368 e. The predicted octanol–water partition coefficient (Wildman–Crippen LogP) is 2.34. The van der Waals surface area contributed by atoms with E-state index in [4.69, 9.17) is 5.53 Å². The summed E-state index contributed by atoms with van der Waals surface area (Å²) in [6, 6.07) is 0.125. The van der Waals surface area contributed by atoms with Crippen molar-refractivity contribution in [3.63, 3.8) is 0 Å². The monoisotopic (exact) mass is 113 g/mol. The molecule has 8 heavy (non-hydrogen) atoms. The Kier molecular flexibility index (Phi) is 3.04. The summed E-state index contributed by atoms with van der Waals surface area (Å²) in [5, 5.41) is 3.50. The summed E-state index contributed by atoms with van der Waals surface area (Å²) in [6.07, 6.45) is 0. The van der Waals surface area contributed by atoms with Crippen molar-refractivity contribution in [2.24, 2.45) is 11.0 Å². The molecule has 46 valence electrons. The molecule has 0 aromatic carbocycles. The van der Waals surface area contributed by atoms with Gasteiger partial charge in [-0.15, -0.1) is 0 Å². The fourth-order valence-electron chi connectivity index (χ4n) is 0.215. The van der Waals surface area contributed by atoms with Crippen molar-refractivity contribution in [2.45, 2.75) is 26.8 Å². The van der Waals surface area contributed by atoms with Gasteiger partial charge in [0.05, 0.1) is 0 Å². The second-order valence-corrected chi connectivity index (χ2v) is 2.19. The highest BCUT2D eigenvalue weighted by Crippen LogP contribution is 2.03. The Hall–Kier alpha value is -0.690. The molecule has 0 radical (unpaired) electrons. The van der Waals surface area contributed by atoms with Gasteiger partial charge in [-0.2, -0.15) is 0 Å². The summed E-state index contributed by atoms with van der Waals surface area (Å²) >= 11 is 0. The first-order valence-corrected chi connectivity index (χ1v) is 2.72. The second-order valence-electron chi connectivity index (χ2n) is 2.19. The van der Waals surface area contributed by atoms with Crippen LogP contribution in [-0.2, 0) is 0 Å². The zero-order chi connectivity index (χ0) is 6.57. The lowest BCUT2D eigenvalue weighted by Gasteiger charge is -2.05. The molecule has 0 amide bonds. The maximum atomic E-state index is 7.94. The van der Waals surface area contributed by atoms with E-state index in [-0.39, 0.29) is 6.04 Å². The van der Waals surface area contributed by atoms with E-state index in [9.17, 15) is 0 Å². The van der Waals surface area contributed by atoms with E-state index < -0.39 is 0 Å². The summed E-state index contributed by atoms with van der Waals surface area (Å²) in [4.78, 5) is 2.68. The molecule has 0 aliphatic rings. The van der Waals surface area contributed by atoms with Gasteiger partial charge < -0.3 is 0 Å². The number of hydrogen-bond acceptors (Lipinski definition) is 1. The fraction of sp³-hybridized carbons (Fsp3) is 1.00. The largest absolute Gasteiger partial charge is 0.0906 e. The zero-order valence-corrected chi connectivity index (χ0v) is 5.50. The van der Waals surface area contributed by atoms with Crippen LogP contribution in [0.15, 0.2) is 5.11 Å². The molecule has 0 aromatic heterocycles. The van der Waals surface area contributed by atoms with Crippen LogP contribution in [0.2, 0.25) is 0 Å². The Morgan fingerprint density at radius 1 is 1.38 bits per heavy atom. The molecule has 0 saturated carbocycles. The molecule has 0 spiro atoms.